The van der Waals surface area contributed by atoms with Gasteiger partial charge in [-0.25, -0.2) is 0 Å². The molecule has 2 rings (SSSR count). The van der Waals surface area contributed by atoms with Gasteiger partial charge in [-0.1, -0.05) is 12.1 Å². The lowest BCUT2D eigenvalue weighted by Crippen LogP contribution is -2.04. The van der Waals surface area contributed by atoms with Gasteiger partial charge in [-0.05, 0) is 37.6 Å². The third kappa shape index (κ3) is 3.85. The molecule has 106 valence electrons. The van der Waals surface area contributed by atoms with Crippen molar-refractivity contribution in [2.45, 2.75) is 32.9 Å². The van der Waals surface area contributed by atoms with Gasteiger partial charge in [-0.2, -0.15) is 5.10 Å². The molecule has 0 atom stereocenters. The fourth-order valence-electron chi connectivity index (χ4n) is 1.82. The zero-order valence-electron chi connectivity index (χ0n) is 11.6. The van der Waals surface area contributed by atoms with Crippen LogP contribution in [0.4, 0.5) is 0 Å². The molecule has 2 aromatic rings. The van der Waals surface area contributed by atoms with Gasteiger partial charge in [0.15, 0.2) is 0 Å². The van der Waals surface area contributed by atoms with Crippen molar-refractivity contribution in [3.05, 3.63) is 47.8 Å². The van der Waals surface area contributed by atoms with E-state index >= 15 is 0 Å². The molecule has 20 heavy (non-hydrogen) atoms. The largest absolute Gasteiger partial charge is 0.487 e. The van der Waals surface area contributed by atoms with E-state index in [1.807, 2.05) is 23.0 Å². The second-order valence-electron chi connectivity index (χ2n) is 4.89. The summed E-state index contributed by atoms with van der Waals surface area (Å²) >= 11 is 0. The number of carboxylic acids is 1. The van der Waals surface area contributed by atoms with E-state index in [0.717, 1.165) is 11.3 Å². The maximum absolute atomic E-state index is 10.7. The number of carboxylic acid groups (broad SMARTS) is 1. The third-order valence-electron chi connectivity index (χ3n) is 2.83. The average Bonchev–Trinajstić information content (AvgIpc) is 2.85. The monoisotopic (exact) mass is 274 g/mol. The van der Waals surface area contributed by atoms with Gasteiger partial charge < -0.3 is 9.84 Å². The highest BCUT2D eigenvalue weighted by Crippen LogP contribution is 2.15. The lowest BCUT2D eigenvalue weighted by molar-refractivity contribution is -0.136. The van der Waals surface area contributed by atoms with E-state index in [1.54, 1.807) is 18.2 Å². The van der Waals surface area contributed by atoms with Gasteiger partial charge in [0, 0.05) is 12.2 Å². The minimum Gasteiger partial charge on any atom is -0.487 e. The molecule has 1 aromatic carbocycles. The first-order valence-electron chi connectivity index (χ1n) is 6.52. The third-order valence-corrected chi connectivity index (χ3v) is 2.83. The number of rotatable bonds is 6. The minimum absolute atomic E-state index is 0.000817. The molecule has 1 N–H and O–H groups in total. The van der Waals surface area contributed by atoms with E-state index in [4.69, 9.17) is 9.84 Å². The minimum atomic E-state index is -0.849. The number of aromatic nitrogens is 2. The molecule has 0 fully saturated rings. The quantitative estimate of drug-likeness (QED) is 0.879. The molecule has 0 aliphatic heterocycles. The van der Waals surface area contributed by atoms with Crippen molar-refractivity contribution in [3.8, 4) is 5.75 Å². The van der Waals surface area contributed by atoms with Crippen LogP contribution >= 0.6 is 0 Å². The van der Waals surface area contributed by atoms with Crippen LogP contribution in [0.1, 0.15) is 31.1 Å². The Balaban J connectivity index is 1.97. The number of ether oxygens (including phenoxy) is 1. The highest BCUT2D eigenvalue weighted by atomic mass is 16.5. The van der Waals surface area contributed by atoms with Crippen molar-refractivity contribution in [3.63, 3.8) is 0 Å². The fourth-order valence-corrected chi connectivity index (χ4v) is 1.82. The molecular formula is C15H18N2O3. The highest BCUT2D eigenvalue weighted by Gasteiger charge is 2.05. The van der Waals surface area contributed by atoms with E-state index in [-0.39, 0.29) is 6.42 Å². The number of aliphatic carboxylic acids is 1. The lowest BCUT2D eigenvalue weighted by atomic mass is 10.1. The van der Waals surface area contributed by atoms with Crippen molar-refractivity contribution in [2.24, 2.45) is 0 Å². The van der Waals surface area contributed by atoms with Crippen LogP contribution in [0.15, 0.2) is 36.5 Å². The van der Waals surface area contributed by atoms with Gasteiger partial charge >= 0.3 is 5.97 Å². The zero-order valence-corrected chi connectivity index (χ0v) is 11.6. The Labute approximate surface area is 117 Å². The van der Waals surface area contributed by atoms with E-state index in [2.05, 4.69) is 18.9 Å². The first kappa shape index (κ1) is 14.1. The Hall–Kier alpha value is -2.30. The molecule has 0 spiro atoms. The number of carbonyl (C=O) groups is 1. The second kappa shape index (κ2) is 6.23. The predicted molar refractivity (Wildman–Crippen MR) is 74.7 cm³/mol. The molecule has 0 radical (unpaired) electrons. The topological polar surface area (TPSA) is 64.3 Å². The molecule has 1 aromatic heterocycles. The maximum Gasteiger partial charge on any atom is 0.307 e. The molecule has 0 saturated heterocycles. The molecule has 0 amide bonds. The van der Waals surface area contributed by atoms with Gasteiger partial charge in [-0.3, -0.25) is 9.48 Å². The lowest BCUT2D eigenvalue weighted by Gasteiger charge is -2.06. The van der Waals surface area contributed by atoms with Crippen LogP contribution in [0.5, 0.6) is 5.75 Å². The van der Waals surface area contributed by atoms with E-state index in [1.165, 1.54) is 0 Å². The Morgan fingerprint density at radius 3 is 2.85 bits per heavy atom. The first-order valence-corrected chi connectivity index (χ1v) is 6.52. The molecule has 1 heterocycles. The number of hydrogen-bond donors (Lipinski definition) is 1. The molecule has 5 nitrogen and oxygen atoms in total. The van der Waals surface area contributed by atoms with Crippen molar-refractivity contribution < 1.29 is 14.6 Å². The summed E-state index contributed by atoms with van der Waals surface area (Å²) in [6, 6.07) is 9.36. The van der Waals surface area contributed by atoms with Crippen molar-refractivity contribution in [1.29, 1.82) is 0 Å². The van der Waals surface area contributed by atoms with Crippen LogP contribution in [-0.4, -0.2) is 20.9 Å². The van der Waals surface area contributed by atoms with E-state index in [9.17, 15) is 4.79 Å². The van der Waals surface area contributed by atoms with Gasteiger partial charge in [0.25, 0.3) is 0 Å². The first-order chi connectivity index (χ1) is 9.54. The van der Waals surface area contributed by atoms with Crippen molar-refractivity contribution in [2.75, 3.05) is 0 Å². The Bertz CT molecular complexity index is 590. The molecular weight excluding hydrogens is 256 g/mol. The SMILES string of the molecule is CC(C)n1ccc(COc2cccc(CC(=O)O)c2)n1. The molecule has 5 heteroatoms. The van der Waals surface area contributed by atoms with E-state index in [0.29, 0.717) is 18.4 Å². The normalized spacial score (nSPS) is 10.8. The summed E-state index contributed by atoms with van der Waals surface area (Å²) in [5, 5.41) is 13.2. The number of benzene rings is 1. The second-order valence-corrected chi connectivity index (χ2v) is 4.89. The molecule has 0 aliphatic rings. The van der Waals surface area contributed by atoms with Crippen LogP contribution < -0.4 is 4.74 Å². The van der Waals surface area contributed by atoms with Gasteiger partial charge in [-0.15, -0.1) is 0 Å². The summed E-state index contributed by atoms with van der Waals surface area (Å²) in [5.74, 6) is -0.194. The molecule has 0 bridgehead atoms. The summed E-state index contributed by atoms with van der Waals surface area (Å²) in [6.07, 6.45) is 1.92. The van der Waals surface area contributed by atoms with Crippen LogP contribution in [-0.2, 0) is 17.8 Å². The standard InChI is InChI=1S/C15H18N2O3/c1-11(2)17-7-6-13(16-17)10-20-14-5-3-4-12(8-14)9-15(18)19/h3-8,11H,9-10H2,1-2H3,(H,18,19). The maximum atomic E-state index is 10.7. The van der Waals surface area contributed by atoms with Gasteiger partial charge in [0.1, 0.15) is 12.4 Å². The van der Waals surface area contributed by atoms with Crippen LogP contribution in [0, 0.1) is 0 Å². The van der Waals surface area contributed by atoms with Gasteiger partial charge in [0.05, 0.1) is 12.1 Å². The Morgan fingerprint density at radius 1 is 1.40 bits per heavy atom. The summed E-state index contributed by atoms with van der Waals surface area (Å²) in [4.78, 5) is 10.7. The van der Waals surface area contributed by atoms with Crippen LogP contribution in [0.2, 0.25) is 0 Å². The average molecular weight is 274 g/mol. The van der Waals surface area contributed by atoms with Crippen LogP contribution in [0.3, 0.4) is 0 Å². The summed E-state index contributed by atoms with van der Waals surface area (Å²) < 4.78 is 7.51. The summed E-state index contributed by atoms with van der Waals surface area (Å²) in [7, 11) is 0. The fraction of sp³-hybridized carbons (Fsp3) is 0.333. The summed E-state index contributed by atoms with van der Waals surface area (Å²) in [6.45, 7) is 4.50. The van der Waals surface area contributed by atoms with Crippen molar-refractivity contribution >= 4 is 5.97 Å². The van der Waals surface area contributed by atoms with Crippen molar-refractivity contribution in [1.82, 2.24) is 9.78 Å². The Morgan fingerprint density at radius 2 is 2.20 bits per heavy atom. The molecule has 0 aliphatic carbocycles. The number of hydrogen-bond acceptors (Lipinski definition) is 3. The van der Waals surface area contributed by atoms with Gasteiger partial charge in [0.2, 0.25) is 0 Å². The molecule has 0 unspecified atom stereocenters. The summed E-state index contributed by atoms with van der Waals surface area (Å²) in [5.41, 5.74) is 1.57. The van der Waals surface area contributed by atoms with Crippen LogP contribution in [0.25, 0.3) is 0 Å². The predicted octanol–water partition coefficient (Wildman–Crippen LogP) is 2.67. The zero-order chi connectivity index (χ0) is 14.5. The Kier molecular flexibility index (Phi) is 4.40. The van der Waals surface area contributed by atoms with E-state index < -0.39 is 5.97 Å². The smallest absolute Gasteiger partial charge is 0.307 e. The molecule has 0 saturated carbocycles. The highest BCUT2D eigenvalue weighted by molar-refractivity contribution is 5.70. The number of nitrogens with zero attached hydrogens (tertiary/aromatic N) is 2.